The Morgan fingerprint density at radius 1 is 1.03 bits per heavy atom. The maximum absolute atomic E-state index is 12.5. The average Bonchev–Trinajstić information content (AvgIpc) is 3.63. The van der Waals surface area contributed by atoms with Gasteiger partial charge in [-0.15, -0.1) is 0 Å². The number of primary amides is 1. The number of pyridine rings is 2. The van der Waals surface area contributed by atoms with Crippen molar-refractivity contribution < 1.29 is 13.9 Å². The van der Waals surface area contributed by atoms with Gasteiger partial charge < -0.3 is 24.7 Å². The number of nitrogens with zero attached hydrogens (tertiary/aromatic N) is 6. The Hall–Kier alpha value is -3.82. The molecule has 35 heavy (non-hydrogen) atoms. The highest BCUT2D eigenvalue weighted by atomic mass is 16.5. The lowest BCUT2D eigenvalue weighted by atomic mass is 10.1. The van der Waals surface area contributed by atoms with Crippen molar-refractivity contribution in [2.24, 2.45) is 5.73 Å². The lowest BCUT2D eigenvalue weighted by Gasteiger charge is -2.30. The van der Waals surface area contributed by atoms with Crippen molar-refractivity contribution in [3.8, 4) is 0 Å². The molecular weight excluding hydrogens is 446 g/mol. The average molecular weight is 476 g/mol. The van der Waals surface area contributed by atoms with Crippen LogP contribution in [0, 0.1) is 6.92 Å². The third kappa shape index (κ3) is 3.92. The van der Waals surface area contributed by atoms with Gasteiger partial charge in [-0.2, -0.15) is 4.98 Å². The molecule has 3 aliphatic heterocycles. The standard InChI is InChI=1S/C25H29N7O3/c1-16-13-17(7-8-27-16)24-32(19(15-34-24)21(26)33)18-14-20-22(28-23(18)30-9-5-6-10-30)29-25(35-20)31-11-3-2-4-12-31/h7-8,13-15,24H,2-6,9-12H2,1H3,(H2,26,33). The molecule has 1 amide bonds. The summed E-state index contributed by atoms with van der Waals surface area (Å²) in [6, 6.07) is 6.34. The van der Waals surface area contributed by atoms with Crippen molar-refractivity contribution in [1.29, 1.82) is 0 Å². The van der Waals surface area contributed by atoms with Crippen LogP contribution in [0.25, 0.3) is 11.2 Å². The highest BCUT2D eigenvalue weighted by Gasteiger charge is 2.37. The number of rotatable bonds is 5. The number of hydrogen-bond acceptors (Lipinski definition) is 9. The number of amides is 1. The molecular formula is C25H29N7O3. The molecule has 3 aromatic rings. The van der Waals surface area contributed by atoms with Crippen molar-refractivity contribution in [3.05, 3.63) is 47.6 Å². The van der Waals surface area contributed by atoms with Crippen LogP contribution >= 0.6 is 0 Å². The number of carbonyl (C=O) groups excluding carboxylic acids is 1. The minimum atomic E-state index is -0.579. The number of ether oxygens (including phenoxy) is 1. The van der Waals surface area contributed by atoms with Gasteiger partial charge in [-0.1, -0.05) is 0 Å². The van der Waals surface area contributed by atoms with Gasteiger partial charge in [0, 0.05) is 49.7 Å². The Morgan fingerprint density at radius 3 is 2.51 bits per heavy atom. The first-order chi connectivity index (χ1) is 17.1. The van der Waals surface area contributed by atoms with Crippen LogP contribution in [0.15, 0.2) is 40.8 Å². The van der Waals surface area contributed by atoms with E-state index in [9.17, 15) is 4.79 Å². The minimum Gasteiger partial charge on any atom is -0.471 e. The molecule has 0 aliphatic carbocycles. The molecule has 6 rings (SSSR count). The quantitative estimate of drug-likeness (QED) is 0.593. The Labute approximate surface area is 203 Å². The summed E-state index contributed by atoms with van der Waals surface area (Å²) in [6.45, 7) is 5.54. The van der Waals surface area contributed by atoms with Gasteiger partial charge in [0.05, 0.1) is 5.69 Å². The summed E-state index contributed by atoms with van der Waals surface area (Å²) < 4.78 is 12.2. The van der Waals surface area contributed by atoms with E-state index in [1.54, 1.807) is 6.20 Å². The van der Waals surface area contributed by atoms with E-state index in [2.05, 4.69) is 14.8 Å². The number of carbonyl (C=O) groups is 1. The van der Waals surface area contributed by atoms with Crippen LogP contribution in [-0.4, -0.2) is 47.0 Å². The predicted molar refractivity (Wildman–Crippen MR) is 132 cm³/mol. The number of nitrogens with two attached hydrogens (primary N) is 1. The highest BCUT2D eigenvalue weighted by Crippen LogP contribution is 2.43. The first-order valence-corrected chi connectivity index (χ1v) is 12.3. The Kier molecular flexibility index (Phi) is 5.43. The summed E-state index contributed by atoms with van der Waals surface area (Å²) in [5, 5.41) is 0. The third-order valence-corrected chi connectivity index (χ3v) is 6.88. The van der Waals surface area contributed by atoms with Crippen molar-refractivity contribution in [3.63, 3.8) is 0 Å². The fourth-order valence-electron chi connectivity index (χ4n) is 5.15. The zero-order valence-electron chi connectivity index (χ0n) is 19.8. The summed E-state index contributed by atoms with van der Waals surface area (Å²) in [6.07, 6.45) is 8.23. The predicted octanol–water partition coefficient (Wildman–Crippen LogP) is 3.38. The number of aromatic nitrogens is 3. The summed E-state index contributed by atoms with van der Waals surface area (Å²) in [5.74, 6) is 0.180. The Morgan fingerprint density at radius 2 is 1.77 bits per heavy atom. The number of fused-ring (bicyclic) bond motifs is 1. The van der Waals surface area contributed by atoms with Crippen LogP contribution in [0.2, 0.25) is 0 Å². The third-order valence-electron chi connectivity index (χ3n) is 6.88. The fourth-order valence-corrected chi connectivity index (χ4v) is 5.15. The Balaban J connectivity index is 1.49. The summed E-state index contributed by atoms with van der Waals surface area (Å²) >= 11 is 0. The molecule has 6 heterocycles. The van der Waals surface area contributed by atoms with Crippen LogP contribution in [0.4, 0.5) is 17.5 Å². The number of piperidine rings is 1. The van der Waals surface area contributed by atoms with Crippen LogP contribution < -0.4 is 20.4 Å². The molecule has 1 unspecified atom stereocenters. The Bertz CT molecular complexity index is 1290. The monoisotopic (exact) mass is 475 g/mol. The van der Waals surface area contributed by atoms with E-state index in [4.69, 9.17) is 24.9 Å². The largest absolute Gasteiger partial charge is 0.471 e. The van der Waals surface area contributed by atoms with Crippen LogP contribution in [-0.2, 0) is 9.53 Å². The van der Waals surface area contributed by atoms with E-state index in [-0.39, 0.29) is 5.70 Å². The van der Waals surface area contributed by atoms with E-state index >= 15 is 0 Å². The van der Waals surface area contributed by atoms with E-state index in [1.807, 2.05) is 30.0 Å². The molecule has 0 radical (unpaired) electrons. The molecule has 1 atom stereocenters. The maximum Gasteiger partial charge on any atom is 0.299 e. The van der Waals surface area contributed by atoms with Crippen LogP contribution in [0.1, 0.15) is 49.6 Å². The lowest BCUT2D eigenvalue weighted by molar-refractivity contribution is -0.114. The molecule has 0 spiro atoms. The smallest absolute Gasteiger partial charge is 0.299 e. The van der Waals surface area contributed by atoms with E-state index in [0.29, 0.717) is 22.9 Å². The summed E-state index contributed by atoms with van der Waals surface area (Å²) in [4.78, 5) is 32.7. The van der Waals surface area contributed by atoms with Gasteiger partial charge in [-0.25, -0.2) is 4.98 Å². The normalized spacial score (nSPS) is 20.4. The van der Waals surface area contributed by atoms with Gasteiger partial charge in [0.25, 0.3) is 11.9 Å². The maximum atomic E-state index is 12.5. The van der Waals surface area contributed by atoms with Gasteiger partial charge in [-0.3, -0.25) is 14.7 Å². The molecule has 182 valence electrons. The zero-order chi connectivity index (χ0) is 23.9. The molecule has 0 saturated carbocycles. The number of anilines is 3. The number of oxazole rings is 1. The van der Waals surface area contributed by atoms with Crippen LogP contribution in [0.5, 0.6) is 0 Å². The zero-order valence-corrected chi connectivity index (χ0v) is 19.8. The molecule has 3 aromatic heterocycles. The SMILES string of the molecule is Cc1cc(C2OC=C(C(N)=O)N2c2cc3oc(N4CCCCC4)nc3nc2N2CCCC2)ccn1. The minimum absolute atomic E-state index is 0.266. The molecule has 3 aliphatic rings. The lowest BCUT2D eigenvalue weighted by Crippen LogP contribution is -2.33. The summed E-state index contributed by atoms with van der Waals surface area (Å²) in [7, 11) is 0. The number of aryl methyl sites for hydroxylation is 1. The van der Waals surface area contributed by atoms with Crippen molar-refractivity contribution >= 4 is 34.7 Å². The second kappa shape index (κ2) is 8.75. The molecule has 2 saturated heterocycles. The van der Waals surface area contributed by atoms with Gasteiger partial charge in [0.2, 0.25) is 11.9 Å². The summed E-state index contributed by atoms with van der Waals surface area (Å²) in [5.41, 5.74) is 9.63. The van der Waals surface area contributed by atoms with Gasteiger partial charge in [0.1, 0.15) is 12.0 Å². The van der Waals surface area contributed by atoms with Crippen molar-refractivity contribution in [1.82, 2.24) is 15.0 Å². The topological polar surface area (TPSA) is 114 Å². The molecule has 10 nitrogen and oxygen atoms in total. The fraction of sp³-hybridized carbons (Fsp3) is 0.440. The van der Waals surface area contributed by atoms with Gasteiger partial charge in [0.15, 0.2) is 11.4 Å². The second-order valence-corrected chi connectivity index (χ2v) is 9.35. The van der Waals surface area contributed by atoms with Crippen LogP contribution in [0.3, 0.4) is 0 Å². The first kappa shape index (κ1) is 21.7. The highest BCUT2D eigenvalue weighted by molar-refractivity contribution is 5.98. The molecule has 2 N–H and O–H groups in total. The molecule has 2 fully saturated rings. The van der Waals surface area contributed by atoms with Crippen molar-refractivity contribution in [2.45, 2.75) is 45.3 Å². The first-order valence-electron chi connectivity index (χ1n) is 12.3. The van der Waals surface area contributed by atoms with Crippen molar-refractivity contribution in [2.75, 3.05) is 40.9 Å². The molecule has 10 heteroatoms. The van der Waals surface area contributed by atoms with E-state index in [1.165, 1.54) is 12.7 Å². The van der Waals surface area contributed by atoms with E-state index in [0.717, 1.165) is 68.9 Å². The van der Waals surface area contributed by atoms with Gasteiger partial charge in [-0.05, 0) is 51.2 Å². The number of hydrogen-bond donors (Lipinski definition) is 1. The molecule has 0 bridgehead atoms. The second-order valence-electron chi connectivity index (χ2n) is 9.35. The van der Waals surface area contributed by atoms with E-state index < -0.39 is 12.1 Å². The molecule has 0 aromatic carbocycles. The van der Waals surface area contributed by atoms with Gasteiger partial charge >= 0.3 is 0 Å².